The Kier molecular flexibility index (Phi) is 11.9. The molecule has 1 fully saturated rings. The lowest BCUT2D eigenvalue weighted by molar-refractivity contribution is 0.112. The lowest BCUT2D eigenvalue weighted by Gasteiger charge is -2.24. The van der Waals surface area contributed by atoms with Crippen LogP contribution in [0.3, 0.4) is 0 Å². The van der Waals surface area contributed by atoms with Crippen molar-refractivity contribution < 1.29 is 14.3 Å². The van der Waals surface area contributed by atoms with Gasteiger partial charge in [0.15, 0.2) is 0 Å². The molecule has 0 radical (unpaired) electrons. The molecule has 3 rings (SSSR count). The van der Waals surface area contributed by atoms with E-state index in [0.717, 1.165) is 43.7 Å². The zero-order chi connectivity index (χ0) is 22.5. The first-order valence-electron chi connectivity index (χ1n) is 10.8. The lowest BCUT2D eigenvalue weighted by atomic mass is 9.91. The summed E-state index contributed by atoms with van der Waals surface area (Å²) in [5.74, 6) is 0.478. The Morgan fingerprint density at radius 1 is 0.968 bits per heavy atom. The fraction of sp³-hybridized carbons (Fsp3) is 0.458. The van der Waals surface area contributed by atoms with E-state index in [0.29, 0.717) is 28.8 Å². The fourth-order valence-electron chi connectivity index (χ4n) is 3.69. The van der Waals surface area contributed by atoms with E-state index in [2.05, 4.69) is 5.32 Å². The largest absolute Gasteiger partial charge is 0.344 e. The third-order valence-electron chi connectivity index (χ3n) is 5.38. The topological polar surface area (TPSA) is 66.4 Å². The molecular formula is C24H32Cl2NO3P. The van der Waals surface area contributed by atoms with Crippen LogP contribution in [0.25, 0.3) is 0 Å². The van der Waals surface area contributed by atoms with Gasteiger partial charge in [0.25, 0.3) is 0 Å². The van der Waals surface area contributed by atoms with E-state index < -0.39 is 7.37 Å². The molecule has 2 aromatic carbocycles. The Balaban J connectivity index is 0.000000316. The molecule has 1 aliphatic rings. The van der Waals surface area contributed by atoms with E-state index in [9.17, 15) is 14.3 Å². The van der Waals surface area contributed by atoms with Crippen molar-refractivity contribution in [1.82, 2.24) is 5.32 Å². The third kappa shape index (κ3) is 11.3. The van der Waals surface area contributed by atoms with Gasteiger partial charge in [-0.15, -0.1) is 0 Å². The number of hydrogen-bond acceptors (Lipinski definition) is 3. The highest BCUT2D eigenvalue weighted by Gasteiger charge is 2.24. The summed E-state index contributed by atoms with van der Waals surface area (Å²) in [6, 6.07) is 14.5. The molecule has 1 aliphatic carbocycles. The summed E-state index contributed by atoms with van der Waals surface area (Å²) >= 11 is 11.4. The van der Waals surface area contributed by atoms with E-state index in [1.807, 2.05) is 24.3 Å². The van der Waals surface area contributed by atoms with Gasteiger partial charge in [0, 0.05) is 34.5 Å². The highest BCUT2D eigenvalue weighted by Crippen LogP contribution is 2.45. The van der Waals surface area contributed by atoms with Crippen LogP contribution in [0.1, 0.15) is 54.4 Å². The van der Waals surface area contributed by atoms with Crippen molar-refractivity contribution in [3.63, 3.8) is 0 Å². The number of carbonyl (C=O) groups is 1. The summed E-state index contributed by atoms with van der Waals surface area (Å²) in [7, 11) is -2.94. The maximum Gasteiger partial charge on any atom is 0.200 e. The van der Waals surface area contributed by atoms with Crippen LogP contribution in [-0.2, 0) is 11.1 Å². The number of carbonyl (C=O) groups excluding carboxylic acids is 1. The molecule has 1 saturated carbocycles. The summed E-state index contributed by atoms with van der Waals surface area (Å²) < 4.78 is 12.3. The molecule has 4 nitrogen and oxygen atoms in total. The van der Waals surface area contributed by atoms with Crippen LogP contribution < -0.4 is 5.32 Å². The van der Waals surface area contributed by atoms with E-state index in [1.165, 1.54) is 24.8 Å². The first-order valence-corrected chi connectivity index (χ1v) is 13.6. The maximum absolute atomic E-state index is 12.3. The van der Waals surface area contributed by atoms with Crippen LogP contribution in [0.15, 0.2) is 48.5 Å². The molecule has 0 aliphatic heterocycles. The van der Waals surface area contributed by atoms with Crippen LogP contribution in [-0.4, -0.2) is 30.0 Å². The summed E-state index contributed by atoms with van der Waals surface area (Å²) in [5, 5.41) is 4.72. The molecule has 1 atom stereocenters. The van der Waals surface area contributed by atoms with Gasteiger partial charge in [0.05, 0.1) is 0 Å². The van der Waals surface area contributed by atoms with Crippen molar-refractivity contribution >= 4 is 36.9 Å². The molecule has 2 N–H and O–H groups in total. The van der Waals surface area contributed by atoms with Gasteiger partial charge < -0.3 is 10.2 Å². The molecule has 0 saturated heterocycles. The minimum Gasteiger partial charge on any atom is -0.344 e. The molecule has 7 heteroatoms. The van der Waals surface area contributed by atoms with Gasteiger partial charge in [-0.2, -0.15) is 0 Å². The summed E-state index contributed by atoms with van der Waals surface area (Å²) in [5.41, 5.74) is 1.83. The Bertz CT molecular complexity index is 822. The van der Waals surface area contributed by atoms with Crippen molar-refractivity contribution in [2.75, 3.05) is 18.9 Å². The normalized spacial score (nSPS) is 16.1. The lowest BCUT2D eigenvalue weighted by Crippen LogP contribution is -2.17. The minimum absolute atomic E-state index is 0.442. The van der Waals surface area contributed by atoms with Crippen LogP contribution >= 0.6 is 30.6 Å². The van der Waals surface area contributed by atoms with Gasteiger partial charge in [-0.05, 0) is 61.6 Å². The first kappa shape index (κ1) is 26.1. The molecule has 0 heterocycles. The Hall–Kier alpha value is -1.16. The second kappa shape index (κ2) is 14.1. The van der Waals surface area contributed by atoms with Gasteiger partial charge in [-0.25, -0.2) is 0 Å². The maximum atomic E-state index is 12.3. The fourth-order valence-corrected chi connectivity index (χ4v) is 5.95. The van der Waals surface area contributed by atoms with Crippen LogP contribution in [0.5, 0.6) is 0 Å². The molecule has 0 aromatic heterocycles. The monoisotopic (exact) mass is 483 g/mol. The SMILES string of the molecule is O=Cc1ccc(Cl)cc1.O=P(O)(CCCNCc1ccc(Cl)cc1)CC1CCCCC1. The summed E-state index contributed by atoms with van der Waals surface area (Å²) in [6.07, 6.45) is 8.55. The Morgan fingerprint density at radius 2 is 1.55 bits per heavy atom. The zero-order valence-corrected chi connectivity index (χ0v) is 20.2. The van der Waals surface area contributed by atoms with E-state index >= 15 is 0 Å². The number of benzene rings is 2. The van der Waals surface area contributed by atoms with Crippen LogP contribution in [0.4, 0.5) is 0 Å². The number of aldehydes is 1. The van der Waals surface area contributed by atoms with Crippen LogP contribution in [0.2, 0.25) is 10.0 Å². The second-order valence-electron chi connectivity index (χ2n) is 8.08. The highest BCUT2D eigenvalue weighted by atomic mass is 35.5. The number of nitrogens with one attached hydrogen (secondary N) is 1. The number of rotatable bonds is 9. The first-order chi connectivity index (χ1) is 14.9. The van der Waals surface area contributed by atoms with Crippen molar-refractivity contribution in [3.8, 4) is 0 Å². The highest BCUT2D eigenvalue weighted by molar-refractivity contribution is 7.58. The average Bonchev–Trinajstić information content (AvgIpc) is 2.76. The van der Waals surface area contributed by atoms with E-state index in [4.69, 9.17) is 23.2 Å². The van der Waals surface area contributed by atoms with Gasteiger partial charge in [-0.3, -0.25) is 9.36 Å². The minimum atomic E-state index is -2.94. The molecule has 0 spiro atoms. The number of halogens is 2. The average molecular weight is 484 g/mol. The Morgan fingerprint density at radius 3 is 2.13 bits per heavy atom. The summed E-state index contributed by atoms with van der Waals surface area (Å²) in [4.78, 5) is 20.2. The predicted octanol–water partition coefficient (Wildman–Crippen LogP) is 6.82. The quantitative estimate of drug-likeness (QED) is 0.233. The molecule has 0 bridgehead atoms. The molecule has 1 unspecified atom stereocenters. The van der Waals surface area contributed by atoms with Gasteiger partial charge >= 0.3 is 0 Å². The predicted molar refractivity (Wildman–Crippen MR) is 131 cm³/mol. The van der Waals surface area contributed by atoms with Crippen molar-refractivity contribution in [2.24, 2.45) is 5.92 Å². The molecule has 2 aromatic rings. The molecule has 31 heavy (non-hydrogen) atoms. The molecule has 0 amide bonds. The van der Waals surface area contributed by atoms with Crippen molar-refractivity contribution in [1.29, 1.82) is 0 Å². The molecule has 170 valence electrons. The van der Waals surface area contributed by atoms with Gasteiger partial charge in [-0.1, -0.05) is 66.7 Å². The van der Waals surface area contributed by atoms with Crippen molar-refractivity contribution in [3.05, 3.63) is 69.7 Å². The van der Waals surface area contributed by atoms with Crippen molar-refractivity contribution in [2.45, 2.75) is 45.1 Å². The summed E-state index contributed by atoms with van der Waals surface area (Å²) in [6.45, 7) is 1.55. The van der Waals surface area contributed by atoms with Crippen LogP contribution in [0, 0.1) is 5.92 Å². The Labute approximate surface area is 195 Å². The third-order valence-corrected chi connectivity index (χ3v) is 7.98. The van der Waals surface area contributed by atoms with Gasteiger partial charge in [0.1, 0.15) is 6.29 Å². The van der Waals surface area contributed by atoms with E-state index in [-0.39, 0.29) is 0 Å². The van der Waals surface area contributed by atoms with Gasteiger partial charge in [0.2, 0.25) is 7.37 Å². The smallest absolute Gasteiger partial charge is 0.200 e. The zero-order valence-electron chi connectivity index (χ0n) is 17.8. The molecular weight excluding hydrogens is 452 g/mol. The standard InChI is InChI=1S/C17H27ClNO2P.C7H5ClO/c18-17-9-7-15(8-10-17)13-19-11-4-12-22(20,21)14-16-5-2-1-3-6-16;8-7-3-1-6(5-9)2-4-7/h7-10,16,19H,1-6,11-14H2,(H,20,21);1-5H. The van der Waals surface area contributed by atoms with E-state index in [1.54, 1.807) is 24.3 Å². The second-order valence-corrected chi connectivity index (χ2v) is 11.5. The number of hydrogen-bond donors (Lipinski definition) is 2.